The third kappa shape index (κ3) is 2.08. The Morgan fingerprint density at radius 1 is 1.25 bits per heavy atom. The lowest BCUT2D eigenvalue weighted by molar-refractivity contribution is 0.502. The Labute approximate surface area is 93.2 Å². The van der Waals surface area contributed by atoms with E-state index in [1.165, 1.54) is 13.8 Å². The summed E-state index contributed by atoms with van der Waals surface area (Å²) in [6, 6.07) is 2.49. The first kappa shape index (κ1) is 13.1. The Morgan fingerprint density at radius 2 is 1.81 bits per heavy atom. The maximum absolute atomic E-state index is 12.9. The molecule has 0 aliphatic heterocycles. The first-order valence-corrected chi connectivity index (χ1v) is 6.10. The molecule has 0 saturated carbocycles. The van der Waals surface area contributed by atoms with Crippen molar-refractivity contribution in [3.63, 3.8) is 0 Å². The van der Waals surface area contributed by atoms with E-state index in [0.717, 1.165) is 12.1 Å². The quantitative estimate of drug-likeness (QED) is 0.825. The standard InChI is InChI=1S/C10H13F2NO2S/c1-10(2,6-13)16(14,15)7-3-4-8(11)9(12)5-7/h3-5H,6,13H2,1-2H3. The molecule has 0 aromatic heterocycles. The first-order valence-electron chi connectivity index (χ1n) is 4.62. The van der Waals surface area contributed by atoms with Gasteiger partial charge in [-0.3, -0.25) is 0 Å². The summed E-state index contributed by atoms with van der Waals surface area (Å²) in [6.07, 6.45) is 0. The molecule has 0 atom stereocenters. The van der Waals surface area contributed by atoms with E-state index in [2.05, 4.69) is 0 Å². The molecule has 0 radical (unpaired) electrons. The predicted molar refractivity (Wildman–Crippen MR) is 56.7 cm³/mol. The Morgan fingerprint density at radius 3 is 2.25 bits per heavy atom. The molecule has 0 bridgehead atoms. The van der Waals surface area contributed by atoms with Crippen LogP contribution in [0.15, 0.2) is 23.1 Å². The van der Waals surface area contributed by atoms with Gasteiger partial charge in [-0.1, -0.05) is 0 Å². The van der Waals surface area contributed by atoms with E-state index in [1.807, 2.05) is 0 Å². The fourth-order valence-electron chi connectivity index (χ4n) is 1.07. The van der Waals surface area contributed by atoms with Crippen LogP contribution >= 0.6 is 0 Å². The third-order valence-electron chi connectivity index (χ3n) is 2.42. The summed E-state index contributed by atoms with van der Waals surface area (Å²) in [5.74, 6) is -2.27. The molecule has 0 amide bonds. The molecule has 90 valence electrons. The van der Waals surface area contributed by atoms with Gasteiger partial charge in [0.2, 0.25) is 0 Å². The zero-order valence-corrected chi connectivity index (χ0v) is 9.81. The highest BCUT2D eigenvalue weighted by Gasteiger charge is 2.34. The molecule has 0 aliphatic rings. The van der Waals surface area contributed by atoms with Gasteiger partial charge < -0.3 is 5.73 Å². The van der Waals surface area contributed by atoms with Crippen LogP contribution in [0.1, 0.15) is 13.8 Å². The third-order valence-corrected chi connectivity index (χ3v) is 4.92. The van der Waals surface area contributed by atoms with Gasteiger partial charge in [-0.15, -0.1) is 0 Å². The van der Waals surface area contributed by atoms with Crippen molar-refractivity contribution in [3.8, 4) is 0 Å². The molecular formula is C10H13F2NO2S. The predicted octanol–water partition coefficient (Wildman–Crippen LogP) is 1.48. The van der Waals surface area contributed by atoms with Crippen LogP contribution in [0.2, 0.25) is 0 Å². The highest BCUT2D eigenvalue weighted by molar-refractivity contribution is 7.92. The van der Waals surface area contributed by atoms with E-state index in [9.17, 15) is 17.2 Å². The maximum Gasteiger partial charge on any atom is 0.184 e. The molecule has 1 aromatic rings. The van der Waals surface area contributed by atoms with Crippen LogP contribution in [0.5, 0.6) is 0 Å². The summed E-state index contributed by atoms with van der Waals surface area (Å²) in [5.41, 5.74) is 5.35. The number of halogens is 2. The molecule has 1 aromatic carbocycles. The van der Waals surface area contributed by atoms with E-state index in [1.54, 1.807) is 0 Å². The van der Waals surface area contributed by atoms with Crippen molar-refractivity contribution in [2.45, 2.75) is 23.5 Å². The topological polar surface area (TPSA) is 60.2 Å². The molecule has 16 heavy (non-hydrogen) atoms. The summed E-state index contributed by atoms with van der Waals surface area (Å²) >= 11 is 0. The number of benzene rings is 1. The maximum atomic E-state index is 12.9. The van der Waals surface area contributed by atoms with Gasteiger partial charge in [0.15, 0.2) is 21.5 Å². The SMILES string of the molecule is CC(C)(CN)S(=O)(=O)c1ccc(F)c(F)c1. The number of hydrogen-bond donors (Lipinski definition) is 1. The molecule has 1 rings (SSSR count). The summed E-state index contributed by atoms with van der Waals surface area (Å²) in [6.45, 7) is 2.77. The van der Waals surface area contributed by atoms with Crippen LogP contribution in [-0.2, 0) is 9.84 Å². The van der Waals surface area contributed by atoms with E-state index in [4.69, 9.17) is 5.73 Å². The second-order valence-electron chi connectivity index (χ2n) is 4.04. The summed E-state index contributed by atoms with van der Waals surface area (Å²) in [5, 5.41) is 0. The van der Waals surface area contributed by atoms with Crippen LogP contribution in [0, 0.1) is 11.6 Å². The highest BCUT2D eigenvalue weighted by Crippen LogP contribution is 2.25. The van der Waals surface area contributed by atoms with Crippen molar-refractivity contribution >= 4 is 9.84 Å². The molecular weight excluding hydrogens is 236 g/mol. The van der Waals surface area contributed by atoms with Crippen LogP contribution in [0.4, 0.5) is 8.78 Å². The van der Waals surface area contributed by atoms with Gasteiger partial charge in [0.25, 0.3) is 0 Å². The monoisotopic (exact) mass is 249 g/mol. The van der Waals surface area contributed by atoms with Crippen molar-refractivity contribution in [2.75, 3.05) is 6.54 Å². The molecule has 2 N–H and O–H groups in total. The van der Waals surface area contributed by atoms with Gasteiger partial charge in [-0.2, -0.15) is 0 Å². The lowest BCUT2D eigenvalue weighted by Gasteiger charge is -2.22. The fourth-order valence-corrected chi connectivity index (χ4v) is 2.44. The Hall–Kier alpha value is -1.01. The molecule has 0 fully saturated rings. The molecule has 6 heteroatoms. The van der Waals surface area contributed by atoms with Gasteiger partial charge in [0.1, 0.15) is 0 Å². The van der Waals surface area contributed by atoms with E-state index in [-0.39, 0.29) is 11.4 Å². The van der Waals surface area contributed by atoms with Gasteiger partial charge in [0.05, 0.1) is 9.64 Å². The number of nitrogens with two attached hydrogens (primary N) is 1. The minimum Gasteiger partial charge on any atom is -0.329 e. The molecule has 3 nitrogen and oxygen atoms in total. The minimum atomic E-state index is -3.76. The zero-order valence-electron chi connectivity index (χ0n) is 9.00. The van der Waals surface area contributed by atoms with Crippen molar-refractivity contribution in [1.29, 1.82) is 0 Å². The number of rotatable bonds is 3. The summed E-state index contributed by atoms with van der Waals surface area (Å²) in [7, 11) is -3.76. The van der Waals surface area contributed by atoms with Gasteiger partial charge in [-0.05, 0) is 32.0 Å². The fraction of sp³-hybridized carbons (Fsp3) is 0.400. The van der Waals surface area contributed by atoms with E-state index < -0.39 is 26.2 Å². The van der Waals surface area contributed by atoms with Gasteiger partial charge >= 0.3 is 0 Å². The van der Waals surface area contributed by atoms with Crippen LogP contribution < -0.4 is 5.73 Å². The highest BCUT2D eigenvalue weighted by atomic mass is 32.2. The van der Waals surface area contributed by atoms with Crippen molar-refractivity contribution in [3.05, 3.63) is 29.8 Å². The van der Waals surface area contributed by atoms with Crippen LogP contribution in [0.3, 0.4) is 0 Å². The molecule has 0 unspecified atom stereocenters. The average molecular weight is 249 g/mol. The lowest BCUT2D eigenvalue weighted by Crippen LogP contribution is -2.39. The molecule has 0 spiro atoms. The van der Waals surface area contributed by atoms with Gasteiger partial charge in [0, 0.05) is 6.54 Å². The second-order valence-corrected chi connectivity index (χ2v) is 6.63. The van der Waals surface area contributed by atoms with E-state index >= 15 is 0 Å². The molecule has 0 aliphatic carbocycles. The average Bonchev–Trinajstić information content (AvgIpc) is 2.21. The Kier molecular flexibility index (Phi) is 3.35. The van der Waals surface area contributed by atoms with Crippen molar-refractivity contribution < 1.29 is 17.2 Å². The number of sulfone groups is 1. The lowest BCUT2D eigenvalue weighted by atomic mass is 10.2. The Bertz CT molecular complexity index is 498. The van der Waals surface area contributed by atoms with Crippen molar-refractivity contribution in [2.24, 2.45) is 5.73 Å². The Balaban J connectivity index is 3.34. The smallest absolute Gasteiger partial charge is 0.184 e. The van der Waals surface area contributed by atoms with Crippen LogP contribution in [-0.4, -0.2) is 19.7 Å². The molecule has 0 saturated heterocycles. The van der Waals surface area contributed by atoms with Crippen LogP contribution in [0.25, 0.3) is 0 Å². The normalized spacial score (nSPS) is 12.8. The summed E-state index contributed by atoms with van der Waals surface area (Å²) in [4.78, 5) is -0.262. The largest absolute Gasteiger partial charge is 0.329 e. The van der Waals surface area contributed by atoms with Crippen molar-refractivity contribution in [1.82, 2.24) is 0 Å². The molecule has 0 heterocycles. The second kappa shape index (κ2) is 4.10. The minimum absolute atomic E-state index is 0.103. The number of hydrogen-bond acceptors (Lipinski definition) is 3. The first-order chi connectivity index (χ1) is 7.22. The zero-order chi connectivity index (χ0) is 12.6. The van der Waals surface area contributed by atoms with Gasteiger partial charge in [-0.25, -0.2) is 17.2 Å². The van der Waals surface area contributed by atoms with E-state index in [0.29, 0.717) is 6.07 Å². The summed E-state index contributed by atoms with van der Waals surface area (Å²) < 4.78 is 48.3.